The number of rotatable bonds is 8. The normalized spacial score (nSPS) is 11.7. The van der Waals surface area contributed by atoms with Crippen LogP contribution in [0, 0.1) is 5.41 Å². The molecule has 0 unspecified atom stereocenters. The molecule has 0 saturated carbocycles. The summed E-state index contributed by atoms with van der Waals surface area (Å²) in [6.45, 7) is 10.7. The molecule has 0 radical (unpaired) electrons. The van der Waals surface area contributed by atoms with Gasteiger partial charge in [0.15, 0.2) is 5.41 Å². The first-order chi connectivity index (χ1) is 11.2. The summed E-state index contributed by atoms with van der Waals surface area (Å²) in [6, 6.07) is 9.11. The van der Waals surface area contributed by atoms with E-state index in [4.69, 9.17) is 9.47 Å². The van der Waals surface area contributed by atoms with Gasteiger partial charge in [0, 0.05) is 6.42 Å². The van der Waals surface area contributed by atoms with Gasteiger partial charge in [-0.05, 0) is 37.7 Å². The van der Waals surface area contributed by atoms with Crippen LogP contribution < -0.4 is 0 Å². The maximum atomic E-state index is 12.8. The molecule has 0 amide bonds. The molecular formula is C18H26O5Si. The molecule has 0 fully saturated rings. The maximum Gasteiger partial charge on any atom is 0.327 e. The fourth-order valence-corrected chi connectivity index (χ4v) is 3.85. The minimum Gasteiger partial charge on any atom is -0.465 e. The highest BCUT2D eigenvalue weighted by atomic mass is 28.4. The Hall–Kier alpha value is -1.92. The Kier molecular flexibility index (Phi) is 6.92. The molecular weight excluding hydrogens is 324 g/mol. The number of carbonyl (C=O) groups excluding carboxylic acids is 2. The molecule has 1 rings (SSSR count). The van der Waals surface area contributed by atoms with Gasteiger partial charge in [0.25, 0.3) is 0 Å². The molecule has 5 nitrogen and oxygen atoms in total. The lowest BCUT2D eigenvalue weighted by atomic mass is 9.81. The quantitative estimate of drug-likeness (QED) is 0.443. The zero-order valence-electron chi connectivity index (χ0n) is 14.8. The van der Waals surface area contributed by atoms with E-state index in [-0.39, 0.29) is 24.8 Å². The molecule has 0 aromatic heterocycles. The summed E-state index contributed by atoms with van der Waals surface area (Å²) in [5.41, 5.74) is -0.976. The van der Waals surface area contributed by atoms with Crippen molar-refractivity contribution in [2.75, 3.05) is 13.2 Å². The minimum atomic E-state index is -3.03. The monoisotopic (exact) mass is 350 g/mol. The first-order valence-electron chi connectivity index (χ1n) is 8.00. The number of hydrogen-bond donors (Lipinski definition) is 1. The first-order valence-corrected chi connectivity index (χ1v) is 11.0. The van der Waals surface area contributed by atoms with Crippen molar-refractivity contribution in [2.45, 2.75) is 33.4 Å². The maximum absolute atomic E-state index is 12.8. The van der Waals surface area contributed by atoms with Crippen LogP contribution >= 0.6 is 0 Å². The Labute approximate surface area is 144 Å². The standard InChI is InChI=1S/C18H26O5Si/c1-6-22-16(19)18(17(20)23-7-2,14(3)24(4,5)21)13-15-11-9-8-10-12-15/h8-12,21H,3,6-7,13H2,1-2,4-5H3. The third-order valence-corrected chi connectivity index (χ3v) is 5.72. The van der Waals surface area contributed by atoms with Crippen LogP contribution in [0.2, 0.25) is 13.1 Å². The van der Waals surface area contributed by atoms with Gasteiger partial charge in [-0.2, -0.15) is 0 Å². The second-order valence-corrected chi connectivity index (χ2v) is 9.77. The van der Waals surface area contributed by atoms with Gasteiger partial charge in [-0.15, -0.1) is 0 Å². The van der Waals surface area contributed by atoms with Crippen LogP contribution in [0.4, 0.5) is 0 Å². The Morgan fingerprint density at radius 2 is 1.54 bits per heavy atom. The molecule has 0 aliphatic heterocycles. The van der Waals surface area contributed by atoms with Crippen LogP contribution in [0.5, 0.6) is 0 Å². The van der Waals surface area contributed by atoms with Crippen LogP contribution in [-0.4, -0.2) is 38.3 Å². The predicted octanol–water partition coefficient (Wildman–Crippen LogP) is 2.63. The van der Waals surface area contributed by atoms with Gasteiger partial charge in [-0.3, -0.25) is 9.59 Å². The van der Waals surface area contributed by atoms with Gasteiger partial charge >= 0.3 is 11.9 Å². The van der Waals surface area contributed by atoms with E-state index in [1.54, 1.807) is 26.9 Å². The van der Waals surface area contributed by atoms with Gasteiger partial charge in [0.1, 0.15) is 0 Å². The SMILES string of the molecule is C=C(C(Cc1ccccc1)(C(=O)OCC)C(=O)OCC)[Si](C)(C)O. The summed E-state index contributed by atoms with van der Waals surface area (Å²) >= 11 is 0. The van der Waals surface area contributed by atoms with E-state index < -0.39 is 25.7 Å². The van der Waals surface area contributed by atoms with E-state index in [1.807, 2.05) is 30.3 Å². The van der Waals surface area contributed by atoms with Crippen molar-refractivity contribution in [1.29, 1.82) is 0 Å². The number of carbonyl (C=O) groups is 2. The van der Waals surface area contributed by atoms with E-state index in [9.17, 15) is 14.4 Å². The third kappa shape index (κ3) is 4.33. The van der Waals surface area contributed by atoms with Crippen LogP contribution in [0.1, 0.15) is 19.4 Å². The molecule has 0 aliphatic rings. The summed E-state index contributed by atoms with van der Waals surface area (Å²) < 4.78 is 10.3. The highest BCUT2D eigenvalue weighted by molar-refractivity contribution is 6.78. The lowest BCUT2D eigenvalue weighted by molar-refractivity contribution is -0.168. The largest absolute Gasteiger partial charge is 0.465 e. The molecule has 6 heteroatoms. The average molecular weight is 350 g/mol. The molecule has 0 atom stereocenters. The van der Waals surface area contributed by atoms with Crippen molar-refractivity contribution < 1.29 is 23.9 Å². The molecule has 0 aliphatic carbocycles. The van der Waals surface area contributed by atoms with Crippen molar-refractivity contribution in [3.8, 4) is 0 Å². The molecule has 0 spiro atoms. The van der Waals surface area contributed by atoms with Crippen molar-refractivity contribution in [3.63, 3.8) is 0 Å². The smallest absolute Gasteiger partial charge is 0.327 e. The van der Waals surface area contributed by atoms with Crippen LogP contribution in [-0.2, 0) is 25.5 Å². The number of ether oxygens (including phenoxy) is 2. The highest BCUT2D eigenvalue weighted by Crippen LogP contribution is 2.38. The highest BCUT2D eigenvalue weighted by Gasteiger charge is 2.55. The van der Waals surface area contributed by atoms with Crippen LogP contribution in [0.15, 0.2) is 42.1 Å². The van der Waals surface area contributed by atoms with E-state index in [2.05, 4.69) is 6.58 Å². The van der Waals surface area contributed by atoms with Crippen LogP contribution in [0.3, 0.4) is 0 Å². The van der Waals surface area contributed by atoms with E-state index in [0.29, 0.717) is 0 Å². The number of hydrogen-bond acceptors (Lipinski definition) is 5. The van der Waals surface area contributed by atoms with Gasteiger partial charge in [0.05, 0.1) is 13.2 Å². The second kappa shape index (κ2) is 8.26. The molecule has 1 aromatic rings. The topological polar surface area (TPSA) is 72.8 Å². The summed E-state index contributed by atoms with van der Waals surface area (Å²) in [7, 11) is -3.03. The molecule has 0 saturated heterocycles. The first kappa shape index (κ1) is 20.1. The Morgan fingerprint density at radius 1 is 1.08 bits per heavy atom. The van der Waals surface area contributed by atoms with Gasteiger partial charge in [-0.1, -0.05) is 36.9 Å². The molecule has 0 bridgehead atoms. The number of esters is 2. The summed E-state index contributed by atoms with van der Waals surface area (Å²) in [4.78, 5) is 36.2. The predicted molar refractivity (Wildman–Crippen MR) is 94.7 cm³/mol. The van der Waals surface area contributed by atoms with Gasteiger partial charge < -0.3 is 14.3 Å². The van der Waals surface area contributed by atoms with Crippen LogP contribution in [0.25, 0.3) is 0 Å². The molecule has 24 heavy (non-hydrogen) atoms. The van der Waals surface area contributed by atoms with Crippen molar-refractivity contribution in [3.05, 3.63) is 47.7 Å². The zero-order chi connectivity index (χ0) is 18.4. The van der Waals surface area contributed by atoms with Gasteiger partial charge in [-0.25, -0.2) is 0 Å². The molecule has 0 heterocycles. The molecule has 1 aromatic carbocycles. The Balaban J connectivity index is 3.50. The Bertz CT molecular complexity index is 571. The fraction of sp³-hybridized carbons (Fsp3) is 0.444. The minimum absolute atomic E-state index is 0.0430. The number of benzene rings is 1. The van der Waals surface area contributed by atoms with E-state index in [1.165, 1.54) is 0 Å². The molecule has 1 N–H and O–H groups in total. The third-order valence-electron chi connectivity index (χ3n) is 3.81. The summed E-state index contributed by atoms with van der Waals surface area (Å²) in [6.07, 6.45) is 0.0430. The lowest BCUT2D eigenvalue weighted by Gasteiger charge is -2.35. The second-order valence-electron chi connectivity index (χ2n) is 6.05. The van der Waals surface area contributed by atoms with Crippen molar-refractivity contribution >= 4 is 20.3 Å². The zero-order valence-corrected chi connectivity index (χ0v) is 15.8. The summed E-state index contributed by atoms with van der Waals surface area (Å²) in [5, 5.41) is 0.191. The molecule has 132 valence electrons. The van der Waals surface area contributed by atoms with E-state index in [0.717, 1.165) is 5.56 Å². The average Bonchev–Trinajstić information content (AvgIpc) is 2.52. The fourth-order valence-electron chi connectivity index (χ4n) is 2.51. The summed E-state index contributed by atoms with van der Waals surface area (Å²) in [5.74, 6) is -1.46. The Morgan fingerprint density at radius 3 is 1.92 bits per heavy atom. The lowest BCUT2D eigenvalue weighted by Crippen LogP contribution is -2.52. The van der Waals surface area contributed by atoms with Crippen molar-refractivity contribution in [1.82, 2.24) is 0 Å². The van der Waals surface area contributed by atoms with Crippen molar-refractivity contribution in [2.24, 2.45) is 5.41 Å². The van der Waals surface area contributed by atoms with E-state index >= 15 is 0 Å². The van der Waals surface area contributed by atoms with Gasteiger partial charge in [0.2, 0.25) is 8.32 Å².